The molecular formula is C29H48N4O3. The summed E-state index contributed by atoms with van der Waals surface area (Å²) < 4.78 is 6.26. The Bertz CT molecular complexity index is 859. The summed E-state index contributed by atoms with van der Waals surface area (Å²) in [5.41, 5.74) is 0.0182. The first-order valence-electron chi connectivity index (χ1n) is 14.9. The van der Waals surface area contributed by atoms with Gasteiger partial charge in [-0.2, -0.15) is 0 Å². The Labute approximate surface area is 217 Å². The van der Waals surface area contributed by atoms with Gasteiger partial charge in [-0.3, -0.25) is 9.59 Å². The molecule has 202 valence electrons. The van der Waals surface area contributed by atoms with E-state index >= 15 is 0 Å². The maximum atomic E-state index is 13.7. The highest BCUT2D eigenvalue weighted by atomic mass is 16.5. The van der Waals surface area contributed by atoms with Crippen molar-refractivity contribution in [2.24, 2.45) is 23.7 Å². The van der Waals surface area contributed by atoms with Crippen LogP contribution in [0.3, 0.4) is 0 Å². The summed E-state index contributed by atoms with van der Waals surface area (Å²) in [5, 5.41) is 10.8. The molecule has 0 aromatic rings. The molecule has 7 nitrogen and oxygen atoms in total. The Morgan fingerprint density at radius 3 is 2.53 bits per heavy atom. The van der Waals surface area contributed by atoms with Crippen LogP contribution in [0.4, 0.5) is 0 Å². The maximum absolute atomic E-state index is 13.7. The Morgan fingerprint density at radius 2 is 1.75 bits per heavy atom. The number of carbonyl (C=O) groups excluding carboxylic acids is 2. The van der Waals surface area contributed by atoms with Gasteiger partial charge >= 0.3 is 0 Å². The molecule has 6 aliphatic rings. The molecule has 2 saturated carbocycles. The summed E-state index contributed by atoms with van der Waals surface area (Å²) in [7, 11) is 0. The molecule has 4 saturated heterocycles. The van der Waals surface area contributed by atoms with Crippen LogP contribution in [0.15, 0.2) is 0 Å². The number of nitrogens with one attached hydrogen (secondary N) is 3. The molecule has 0 spiro atoms. The monoisotopic (exact) mass is 500 g/mol. The van der Waals surface area contributed by atoms with Crippen LogP contribution in [0.2, 0.25) is 0 Å². The largest absolute Gasteiger partial charge is 0.368 e. The number of piperidine rings is 3. The van der Waals surface area contributed by atoms with E-state index in [2.05, 4.69) is 48.5 Å². The molecule has 0 aromatic carbocycles. The van der Waals surface area contributed by atoms with Crippen molar-refractivity contribution in [2.75, 3.05) is 13.2 Å². The van der Waals surface area contributed by atoms with E-state index in [1.807, 2.05) is 0 Å². The van der Waals surface area contributed by atoms with Crippen molar-refractivity contribution in [1.29, 1.82) is 0 Å². The summed E-state index contributed by atoms with van der Waals surface area (Å²) in [4.78, 5) is 28.9. The minimum Gasteiger partial charge on any atom is -0.368 e. The van der Waals surface area contributed by atoms with Crippen molar-refractivity contribution in [3.8, 4) is 0 Å². The van der Waals surface area contributed by atoms with Gasteiger partial charge in [0.15, 0.2) is 0 Å². The molecule has 6 rings (SSSR count). The fourth-order valence-corrected chi connectivity index (χ4v) is 9.84. The molecule has 4 heterocycles. The second-order valence-electron chi connectivity index (χ2n) is 14.3. The number of hydrogen-bond acceptors (Lipinski definition) is 5. The molecule has 6 fully saturated rings. The summed E-state index contributed by atoms with van der Waals surface area (Å²) in [6.07, 6.45) is 10.9. The van der Waals surface area contributed by atoms with E-state index in [-0.39, 0.29) is 41.7 Å². The van der Waals surface area contributed by atoms with E-state index in [1.54, 1.807) is 0 Å². The first kappa shape index (κ1) is 25.1. The van der Waals surface area contributed by atoms with Crippen molar-refractivity contribution in [3.63, 3.8) is 0 Å². The topological polar surface area (TPSA) is 82.7 Å². The second-order valence-corrected chi connectivity index (χ2v) is 14.3. The van der Waals surface area contributed by atoms with Crippen molar-refractivity contribution >= 4 is 11.8 Å². The first-order valence-corrected chi connectivity index (χ1v) is 14.9. The summed E-state index contributed by atoms with van der Waals surface area (Å²) >= 11 is 0. The Kier molecular flexibility index (Phi) is 6.44. The van der Waals surface area contributed by atoms with Crippen LogP contribution < -0.4 is 16.0 Å². The van der Waals surface area contributed by atoms with Gasteiger partial charge in [-0.25, -0.2) is 0 Å². The number of ether oxygens (including phenoxy) is 1. The molecule has 8 atom stereocenters. The normalized spacial score (nSPS) is 43.3. The van der Waals surface area contributed by atoms with Gasteiger partial charge in [0.25, 0.3) is 0 Å². The fraction of sp³-hybridized carbons (Fsp3) is 0.931. The van der Waals surface area contributed by atoms with E-state index in [9.17, 15) is 9.59 Å². The van der Waals surface area contributed by atoms with E-state index in [4.69, 9.17) is 4.74 Å². The zero-order valence-corrected chi connectivity index (χ0v) is 22.9. The van der Waals surface area contributed by atoms with E-state index < -0.39 is 0 Å². The van der Waals surface area contributed by atoms with E-state index in [1.165, 1.54) is 19.3 Å². The summed E-state index contributed by atoms with van der Waals surface area (Å²) in [5.74, 6) is 2.38. The van der Waals surface area contributed by atoms with Crippen LogP contribution in [-0.2, 0) is 14.3 Å². The van der Waals surface area contributed by atoms with Gasteiger partial charge in [-0.15, -0.1) is 0 Å². The summed E-state index contributed by atoms with van der Waals surface area (Å²) in [6.45, 7) is 10.1. The van der Waals surface area contributed by atoms with Crippen LogP contribution in [0, 0.1) is 23.7 Å². The molecule has 7 heteroatoms. The molecule has 0 bridgehead atoms. The average molecular weight is 501 g/mol. The molecule has 8 unspecified atom stereocenters. The van der Waals surface area contributed by atoms with Crippen LogP contribution in [-0.4, -0.2) is 71.2 Å². The van der Waals surface area contributed by atoms with Crippen LogP contribution >= 0.6 is 0 Å². The Hall–Kier alpha value is -1.18. The van der Waals surface area contributed by atoms with Gasteiger partial charge in [-0.05, 0) is 103 Å². The van der Waals surface area contributed by atoms with Gasteiger partial charge < -0.3 is 25.6 Å². The maximum Gasteiger partial charge on any atom is 0.246 e. The van der Waals surface area contributed by atoms with Gasteiger partial charge in [0.05, 0.1) is 12.1 Å². The van der Waals surface area contributed by atoms with Crippen molar-refractivity contribution < 1.29 is 14.3 Å². The lowest BCUT2D eigenvalue weighted by molar-refractivity contribution is -0.152. The highest BCUT2D eigenvalue weighted by Gasteiger charge is 2.61. The summed E-state index contributed by atoms with van der Waals surface area (Å²) in [6, 6.07) is 1.43. The molecule has 2 aliphatic carbocycles. The van der Waals surface area contributed by atoms with Gasteiger partial charge in [0.2, 0.25) is 11.8 Å². The quantitative estimate of drug-likeness (QED) is 0.553. The molecule has 0 radical (unpaired) electrons. The third-order valence-electron chi connectivity index (χ3n) is 10.6. The molecule has 2 amide bonds. The smallest absolute Gasteiger partial charge is 0.246 e. The lowest BCUT2D eigenvalue weighted by Crippen LogP contribution is -2.66. The SMILES string of the molecule is CC1(C)CC(NC(=O)COC2CCC3C(C2)C2CCNC4C5CCCCC5C(=O)N3C24)CC(C)(C)N1. The minimum atomic E-state index is 0.00910. The van der Waals surface area contributed by atoms with E-state index in [0.29, 0.717) is 41.8 Å². The van der Waals surface area contributed by atoms with Crippen LogP contribution in [0.25, 0.3) is 0 Å². The van der Waals surface area contributed by atoms with Crippen LogP contribution in [0.5, 0.6) is 0 Å². The predicted octanol–water partition coefficient (Wildman–Crippen LogP) is 2.97. The molecule has 4 aliphatic heterocycles. The second kappa shape index (κ2) is 9.23. The molecular weight excluding hydrogens is 452 g/mol. The number of hydrogen-bond donors (Lipinski definition) is 3. The minimum absolute atomic E-state index is 0.00910. The first-order chi connectivity index (χ1) is 17.1. The van der Waals surface area contributed by atoms with E-state index in [0.717, 1.165) is 51.5 Å². The van der Waals surface area contributed by atoms with Crippen molar-refractivity contribution in [2.45, 2.75) is 133 Å². The Morgan fingerprint density at radius 1 is 1.00 bits per heavy atom. The number of fused-ring (bicyclic) bond motifs is 5. The zero-order valence-electron chi connectivity index (χ0n) is 22.9. The highest BCUT2D eigenvalue weighted by Crippen LogP contribution is 2.54. The lowest BCUT2D eigenvalue weighted by Gasteiger charge is -2.52. The highest BCUT2D eigenvalue weighted by molar-refractivity contribution is 5.82. The van der Waals surface area contributed by atoms with Gasteiger partial charge in [0, 0.05) is 35.1 Å². The zero-order chi connectivity index (χ0) is 25.2. The molecule has 3 N–H and O–H groups in total. The predicted molar refractivity (Wildman–Crippen MR) is 139 cm³/mol. The number of nitrogens with zero attached hydrogens (tertiary/aromatic N) is 1. The average Bonchev–Trinajstić information content (AvgIpc) is 3.14. The van der Waals surface area contributed by atoms with Crippen LogP contribution in [0.1, 0.15) is 91.9 Å². The third kappa shape index (κ3) is 4.51. The van der Waals surface area contributed by atoms with Crippen molar-refractivity contribution in [1.82, 2.24) is 20.9 Å². The lowest BCUT2D eigenvalue weighted by atomic mass is 9.66. The fourth-order valence-electron chi connectivity index (χ4n) is 9.84. The Balaban J connectivity index is 1.07. The number of rotatable bonds is 4. The number of carbonyl (C=O) groups is 2. The third-order valence-corrected chi connectivity index (χ3v) is 10.6. The number of amides is 2. The van der Waals surface area contributed by atoms with Crippen molar-refractivity contribution in [3.05, 3.63) is 0 Å². The standard InChI is InChI=1S/C29H48N4O3/c1-28(2)14-17(15-29(3,4)32-28)31-24(34)16-36-18-9-10-23-22(13-18)20-11-12-30-25-19-7-5-6-8-21(19)27(35)33(23)26(20)25/h17-23,25-26,30,32H,5-16H2,1-4H3,(H,31,34). The van der Waals surface area contributed by atoms with Gasteiger partial charge in [-0.1, -0.05) is 12.8 Å². The molecule has 36 heavy (non-hydrogen) atoms. The molecule has 0 aromatic heterocycles. The van der Waals surface area contributed by atoms with Gasteiger partial charge in [0.1, 0.15) is 6.61 Å².